The first-order valence-corrected chi connectivity index (χ1v) is 3.90. The molecule has 13 heavy (non-hydrogen) atoms. The minimum atomic E-state index is -3.19. The molecule has 0 aromatic rings. The molecular formula is C10H17NO2. The van der Waals surface area contributed by atoms with Gasteiger partial charge < -0.3 is 5.11 Å². The number of carboxylic acids is 1. The van der Waals surface area contributed by atoms with Gasteiger partial charge in [0.1, 0.15) is 6.02 Å². The largest absolute Gasteiger partial charge is 0.480 e. The molecule has 0 aromatic carbocycles. The van der Waals surface area contributed by atoms with Crippen LogP contribution in [-0.2, 0) is 4.79 Å². The highest BCUT2D eigenvalue weighted by Gasteiger charge is 2.42. The number of likely N-dealkylation sites (tertiary alicyclic amines) is 1. The highest BCUT2D eigenvalue weighted by Crippen LogP contribution is 2.38. The predicted octanol–water partition coefficient (Wildman–Crippen LogP) is 1.33. The molecule has 2 aliphatic rings. The molecular weight excluding hydrogens is 166 g/mol. The molecule has 3 heteroatoms. The topological polar surface area (TPSA) is 40.5 Å². The van der Waals surface area contributed by atoms with Gasteiger partial charge in [0.25, 0.3) is 0 Å². The Hall–Kier alpha value is -0.570. The monoisotopic (exact) mass is 192 g/mol. The molecule has 1 heterocycles. The fourth-order valence-corrected chi connectivity index (χ4v) is 1.40. The number of carbonyl (C=O) groups is 1. The van der Waals surface area contributed by atoms with Gasteiger partial charge in [-0.1, -0.05) is 12.8 Å². The van der Waals surface area contributed by atoms with E-state index in [1.807, 2.05) is 0 Å². The molecule has 0 bridgehead atoms. The van der Waals surface area contributed by atoms with Crippen LogP contribution in [0.25, 0.3) is 0 Å². The number of hydrogen-bond donors (Lipinski definition) is 1. The standard InChI is InChI=1S/C10H17NO2/c1-11-8-5-3-2-4-7(8)6-9(11)10(12)13/h7-9H,2-6H2,1H3,(H,12,13)/t7-,8-,9-/m0/s1/i2D,3D,4D,5D,6D2,7D,8D,9D/t2?,3?,4?,5?,7-,8-,9-. The van der Waals surface area contributed by atoms with Crippen LogP contribution in [0.1, 0.15) is 44.3 Å². The third-order valence-corrected chi connectivity index (χ3v) is 2.06. The van der Waals surface area contributed by atoms with E-state index in [0.29, 0.717) is 4.90 Å². The molecule has 7 atom stereocenters. The quantitative estimate of drug-likeness (QED) is 0.681. The van der Waals surface area contributed by atoms with Crippen molar-refractivity contribution in [2.45, 2.75) is 44.0 Å². The van der Waals surface area contributed by atoms with E-state index >= 15 is 0 Å². The zero-order valence-corrected chi connectivity index (χ0v) is 7.11. The Labute approximate surface area is 91.4 Å². The Morgan fingerprint density at radius 3 is 3.00 bits per heavy atom. The van der Waals surface area contributed by atoms with Crippen LogP contribution in [-0.4, -0.2) is 35.1 Å². The van der Waals surface area contributed by atoms with E-state index in [1.165, 1.54) is 0 Å². The third kappa shape index (κ3) is 1.46. The average Bonchev–Trinajstić information content (AvgIpc) is 2.54. The second kappa shape index (κ2) is 3.29. The van der Waals surface area contributed by atoms with Gasteiger partial charge in [-0.2, -0.15) is 0 Å². The number of fused-ring (bicyclic) bond motifs is 1. The molecule has 0 spiro atoms. The first-order chi connectivity index (χ1) is 9.73. The number of carboxylic acid groups (broad SMARTS) is 1. The smallest absolute Gasteiger partial charge is 0.320 e. The molecule has 1 saturated carbocycles. The second-order valence-corrected chi connectivity index (χ2v) is 2.85. The molecule has 1 N–H and O–H groups in total. The van der Waals surface area contributed by atoms with Crippen LogP contribution in [0.2, 0.25) is 0 Å². The Bertz CT molecular complexity index is 521. The van der Waals surface area contributed by atoms with Gasteiger partial charge in [-0.25, -0.2) is 0 Å². The zero-order chi connectivity index (χ0) is 17.5. The van der Waals surface area contributed by atoms with E-state index in [2.05, 4.69) is 0 Å². The van der Waals surface area contributed by atoms with Gasteiger partial charge in [-0.15, -0.1) is 0 Å². The van der Waals surface area contributed by atoms with Crippen molar-refractivity contribution >= 4 is 5.97 Å². The maximum absolute atomic E-state index is 11.5. The minimum Gasteiger partial charge on any atom is -0.480 e. The summed E-state index contributed by atoms with van der Waals surface area (Å²) in [6.07, 6.45) is -10.2. The van der Waals surface area contributed by atoms with Gasteiger partial charge in [-0.3, -0.25) is 9.69 Å². The van der Waals surface area contributed by atoms with E-state index in [-0.39, 0.29) is 0 Å². The molecule has 3 nitrogen and oxygen atoms in total. The lowest BCUT2D eigenvalue weighted by molar-refractivity contribution is -0.142. The zero-order valence-electron chi connectivity index (χ0n) is 16.1. The summed E-state index contributed by atoms with van der Waals surface area (Å²) in [4.78, 5) is 12.0. The molecule has 2 rings (SSSR count). The van der Waals surface area contributed by atoms with E-state index in [4.69, 9.17) is 12.3 Å². The van der Waals surface area contributed by atoms with Crippen LogP contribution in [0.4, 0.5) is 0 Å². The third-order valence-electron chi connectivity index (χ3n) is 2.06. The Morgan fingerprint density at radius 1 is 1.62 bits per heavy atom. The fraction of sp³-hybridized carbons (Fsp3) is 0.900. The predicted molar refractivity (Wildman–Crippen MR) is 49.5 cm³/mol. The average molecular weight is 192 g/mol. The Kier molecular flexibility index (Phi) is 0.818. The molecule has 1 aliphatic heterocycles. The van der Waals surface area contributed by atoms with Gasteiger partial charge in [-0.05, 0) is 32.1 Å². The SMILES string of the molecule is [2H]C1C([2H])C([2H])[C@]2([2H])N(C)[C@]([2H])(C(=O)O)C([2H])([2H])[C@]2([2H])C1[2H]. The molecule has 0 aromatic heterocycles. The summed E-state index contributed by atoms with van der Waals surface area (Å²) < 4.78 is 72.4. The van der Waals surface area contributed by atoms with Crippen LogP contribution >= 0.6 is 0 Å². The summed E-state index contributed by atoms with van der Waals surface area (Å²) in [5.74, 6) is -4.76. The van der Waals surface area contributed by atoms with Crippen molar-refractivity contribution in [3.8, 4) is 0 Å². The van der Waals surface area contributed by atoms with Crippen LogP contribution in [0, 0.1) is 5.89 Å². The lowest BCUT2D eigenvalue weighted by atomic mass is 9.85. The second-order valence-electron chi connectivity index (χ2n) is 2.85. The minimum absolute atomic E-state index is 0.460. The van der Waals surface area contributed by atoms with E-state index in [9.17, 15) is 9.90 Å². The summed E-state index contributed by atoms with van der Waals surface area (Å²) in [5.41, 5.74) is 0. The molecule has 0 radical (unpaired) electrons. The van der Waals surface area contributed by atoms with Crippen molar-refractivity contribution in [2.75, 3.05) is 7.05 Å². The highest BCUT2D eigenvalue weighted by molar-refractivity contribution is 5.74. The first-order valence-electron chi connectivity index (χ1n) is 8.71. The lowest BCUT2D eigenvalue weighted by Crippen LogP contribution is -2.38. The van der Waals surface area contributed by atoms with Crippen molar-refractivity contribution in [2.24, 2.45) is 5.89 Å². The van der Waals surface area contributed by atoms with Crippen molar-refractivity contribution in [1.82, 2.24) is 4.90 Å². The van der Waals surface area contributed by atoms with Gasteiger partial charge in [0, 0.05) is 17.0 Å². The van der Waals surface area contributed by atoms with Crippen LogP contribution < -0.4 is 0 Å². The highest BCUT2D eigenvalue weighted by atomic mass is 16.4. The van der Waals surface area contributed by atoms with Gasteiger partial charge in [0.2, 0.25) is 0 Å². The fourth-order valence-electron chi connectivity index (χ4n) is 1.40. The van der Waals surface area contributed by atoms with Crippen molar-refractivity contribution in [1.29, 1.82) is 0 Å². The Morgan fingerprint density at radius 2 is 2.31 bits per heavy atom. The van der Waals surface area contributed by atoms with E-state index in [1.54, 1.807) is 0 Å². The summed E-state index contributed by atoms with van der Waals surface area (Å²) in [6.45, 7) is 0. The number of likely N-dealkylation sites (N-methyl/N-ethyl adjacent to an activating group) is 1. The molecule has 74 valence electrons. The van der Waals surface area contributed by atoms with Gasteiger partial charge in [0.05, 0.1) is 1.37 Å². The normalized spacial score (nSPS) is 93.8. The summed E-state index contributed by atoms with van der Waals surface area (Å²) in [5, 5.41) is 9.31. The first kappa shape index (κ1) is 3.23. The van der Waals surface area contributed by atoms with Crippen LogP contribution in [0.5, 0.6) is 0 Å². The number of nitrogens with zero attached hydrogens (tertiary/aromatic N) is 1. The van der Waals surface area contributed by atoms with Crippen LogP contribution in [0.15, 0.2) is 0 Å². The van der Waals surface area contributed by atoms with E-state index < -0.39 is 55.9 Å². The lowest BCUT2D eigenvalue weighted by Gasteiger charge is -2.29. The van der Waals surface area contributed by atoms with Crippen LogP contribution in [0.3, 0.4) is 0 Å². The maximum atomic E-state index is 11.5. The summed E-state index contributed by atoms with van der Waals surface area (Å²) in [6, 6.07) is -5.66. The van der Waals surface area contributed by atoms with E-state index in [0.717, 1.165) is 7.05 Å². The number of rotatable bonds is 1. The molecule has 4 unspecified atom stereocenters. The molecule has 1 saturated heterocycles. The molecule has 1 aliphatic carbocycles. The van der Waals surface area contributed by atoms with Gasteiger partial charge >= 0.3 is 5.97 Å². The molecule has 2 fully saturated rings. The molecule has 0 amide bonds. The Balaban J connectivity index is 2.82. The van der Waals surface area contributed by atoms with Gasteiger partial charge in [0.15, 0.2) is 0 Å². The maximum Gasteiger partial charge on any atom is 0.320 e. The summed E-state index contributed by atoms with van der Waals surface area (Å²) >= 11 is 0. The number of aliphatic carboxylic acids is 1. The number of hydrogen-bond acceptors (Lipinski definition) is 2. The van der Waals surface area contributed by atoms with Crippen molar-refractivity contribution in [3.05, 3.63) is 0 Å². The van der Waals surface area contributed by atoms with Crippen molar-refractivity contribution < 1.29 is 22.2 Å². The van der Waals surface area contributed by atoms with Crippen molar-refractivity contribution in [3.63, 3.8) is 0 Å². The summed E-state index contributed by atoms with van der Waals surface area (Å²) in [7, 11) is 0.952.